The topological polar surface area (TPSA) is 110 Å². The Morgan fingerprint density at radius 2 is 2.06 bits per heavy atom. The first kappa shape index (κ1) is 12.6. The summed E-state index contributed by atoms with van der Waals surface area (Å²) in [6, 6.07) is 1.16. The first-order chi connectivity index (χ1) is 7.82. The van der Waals surface area contributed by atoms with Gasteiger partial charge < -0.3 is 10.4 Å². The van der Waals surface area contributed by atoms with Crippen molar-refractivity contribution in [2.45, 2.75) is 6.92 Å². The van der Waals surface area contributed by atoms with E-state index in [4.69, 9.17) is 5.11 Å². The van der Waals surface area contributed by atoms with Crippen LogP contribution in [0.4, 0.5) is 15.8 Å². The van der Waals surface area contributed by atoms with Crippen molar-refractivity contribution in [3.63, 3.8) is 0 Å². The number of carbonyl (C=O) groups is 2. The van der Waals surface area contributed by atoms with Crippen molar-refractivity contribution in [3.05, 3.63) is 33.6 Å². The number of anilines is 1. The summed E-state index contributed by atoms with van der Waals surface area (Å²) < 4.78 is 13.2. The molecule has 0 radical (unpaired) electrons. The molecule has 0 fully saturated rings. The molecular formula is C9H7FN2O5. The van der Waals surface area contributed by atoms with Gasteiger partial charge in [-0.1, -0.05) is 0 Å². The molecule has 0 aliphatic rings. The average Bonchev–Trinajstić information content (AvgIpc) is 2.15. The van der Waals surface area contributed by atoms with Gasteiger partial charge >= 0.3 is 11.7 Å². The van der Waals surface area contributed by atoms with Crippen LogP contribution in [0.2, 0.25) is 0 Å². The number of hydrogen-bond acceptors (Lipinski definition) is 4. The van der Waals surface area contributed by atoms with E-state index in [2.05, 4.69) is 5.32 Å². The number of amides is 1. The van der Waals surface area contributed by atoms with Gasteiger partial charge in [0, 0.05) is 19.1 Å². The second-order valence-electron chi connectivity index (χ2n) is 3.09. The molecule has 1 aromatic rings. The van der Waals surface area contributed by atoms with Gasteiger partial charge in [0.25, 0.3) is 0 Å². The lowest BCUT2D eigenvalue weighted by atomic mass is 10.1. The molecule has 0 bridgehead atoms. The highest BCUT2D eigenvalue weighted by Gasteiger charge is 2.22. The molecule has 2 N–H and O–H groups in total. The van der Waals surface area contributed by atoms with Gasteiger partial charge in [-0.3, -0.25) is 14.9 Å². The highest BCUT2D eigenvalue weighted by atomic mass is 19.1. The zero-order valence-corrected chi connectivity index (χ0v) is 8.56. The van der Waals surface area contributed by atoms with Crippen LogP contribution in [0.1, 0.15) is 17.3 Å². The van der Waals surface area contributed by atoms with Crippen molar-refractivity contribution >= 4 is 23.3 Å². The van der Waals surface area contributed by atoms with Gasteiger partial charge in [0.2, 0.25) is 11.7 Å². The zero-order chi connectivity index (χ0) is 13.2. The highest BCUT2D eigenvalue weighted by Crippen LogP contribution is 2.26. The largest absolute Gasteiger partial charge is 0.478 e. The maximum atomic E-state index is 13.2. The Morgan fingerprint density at radius 1 is 1.47 bits per heavy atom. The van der Waals surface area contributed by atoms with Crippen molar-refractivity contribution < 1.29 is 24.0 Å². The van der Waals surface area contributed by atoms with Gasteiger partial charge in [0.05, 0.1) is 16.2 Å². The molecule has 1 rings (SSSR count). The molecule has 0 spiro atoms. The lowest BCUT2D eigenvalue weighted by Gasteiger charge is -2.06. The summed E-state index contributed by atoms with van der Waals surface area (Å²) >= 11 is 0. The Kier molecular flexibility index (Phi) is 3.37. The van der Waals surface area contributed by atoms with E-state index in [1.54, 1.807) is 0 Å². The second kappa shape index (κ2) is 4.56. The third-order valence-electron chi connectivity index (χ3n) is 1.82. The monoisotopic (exact) mass is 242 g/mol. The fourth-order valence-electron chi connectivity index (χ4n) is 1.17. The van der Waals surface area contributed by atoms with Gasteiger partial charge in [0.15, 0.2) is 0 Å². The van der Waals surface area contributed by atoms with Crippen molar-refractivity contribution in [2.24, 2.45) is 0 Å². The zero-order valence-electron chi connectivity index (χ0n) is 8.56. The minimum Gasteiger partial charge on any atom is -0.478 e. The van der Waals surface area contributed by atoms with Gasteiger partial charge in [-0.05, 0) is 0 Å². The first-order valence-corrected chi connectivity index (χ1v) is 4.31. The molecule has 0 saturated carbocycles. The van der Waals surface area contributed by atoms with Crippen LogP contribution in [0.5, 0.6) is 0 Å². The number of nitrogens with one attached hydrogen (secondary N) is 1. The summed E-state index contributed by atoms with van der Waals surface area (Å²) in [7, 11) is 0. The summed E-state index contributed by atoms with van der Waals surface area (Å²) in [5, 5.41) is 21.3. The number of nitro groups is 1. The van der Waals surface area contributed by atoms with Crippen molar-refractivity contribution in [2.75, 3.05) is 5.32 Å². The van der Waals surface area contributed by atoms with Crippen LogP contribution < -0.4 is 5.32 Å². The van der Waals surface area contributed by atoms with Crippen LogP contribution >= 0.6 is 0 Å². The number of carboxylic acid groups (broad SMARTS) is 1. The third kappa shape index (κ3) is 2.74. The molecule has 0 saturated heterocycles. The second-order valence-corrected chi connectivity index (χ2v) is 3.09. The highest BCUT2D eigenvalue weighted by molar-refractivity contribution is 6.00. The smallest absolute Gasteiger partial charge is 0.338 e. The average molecular weight is 242 g/mol. The summed E-state index contributed by atoms with van der Waals surface area (Å²) in [5.41, 5.74) is -1.84. The molecule has 7 nitrogen and oxygen atoms in total. The Bertz CT molecular complexity index is 514. The van der Waals surface area contributed by atoms with E-state index in [0.717, 1.165) is 6.92 Å². The minimum atomic E-state index is -1.50. The van der Waals surface area contributed by atoms with Gasteiger partial charge in [-0.25, -0.2) is 4.79 Å². The van der Waals surface area contributed by atoms with E-state index in [9.17, 15) is 24.1 Å². The Morgan fingerprint density at radius 3 is 2.47 bits per heavy atom. The van der Waals surface area contributed by atoms with Crippen LogP contribution in [-0.4, -0.2) is 21.9 Å². The lowest BCUT2D eigenvalue weighted by molar-refractivity contribution is -0.387. The molecule has 0 aliphatic carbocycles. The summed E-state index contributed by atoms with van der Waals surface area (Å²) in [6.45, 7) is 1.10. The fourth-order valence-corrected chi connectivity index (χ4v) is 1.17. The summed E-state index contributed by atoms with van der Waals surface area (Å²) in [4.78, 5) is 30.9. The molecule has 1 aromatic carbocycles. The molecule has 0 unspecified atom stereocenters. The quantitative estimate of drug-likeness (QED) is 0.614. The lowest BCUT2D eigenvalue weighted by Crippen LogP contribution is -2.12. The minimum absolute atomic E-state index is 0.326. The SMILES string of the molecule is CC(=O)Nc1cc(F)c([N+](=O)[O-])cc1C(=O)O. The standard InChI is InChI=1S/C9H7FN2O5/c1-4(13)11-7-3-6(10)8(12(16)17)2-5(7)9(14)15/h2-3H,1H3,(H,11,13)(H,14,15). The van der Waals surface area contributed by atoms with Crippen molar-refractivity contribution in [1.29, 1.82) is 0 Å². The maximum Gasteiger partial charge on any atom is 0.338 e. The summed E-state index contributed by atoms with van der Waals surface area (Å²) in [5.74, 6) is -3.33. The molecule has 0 atom stereocenters. The van der Waals surface area contributed by atoms with Crippen LogP contribution in [0, 0.1) is 15.9 Å². The number of benzene rings is 1. The van der Waals surface area contributed by atoms with E-state index < -0.39 is 33.9 Å². The number of nitro benzene ring substituents is 1. The number of nitrogens with zero attached hydrogens (tertiary/aromatic N) is 1. The third-order valence-corrected chi connectivity index (χ3v) is 1.82. The Balaban J connectivity index is 3.40. The van der Waals surface area contributed by atoms with E-state index in [-0.39, 0.29) is 5.69 Å². The van der Waals surface area contributed by atoms with Crippen LogP contribution in [0.25, 0.3) is 0 Å². The molecule has 1 amide bonds. The number of carboxylic acids is 1. The Hall–Kier alpha value is -2.51. The molecule has 90 valence electrons. The number of rotatable bonds is 3. The van der Waals surface area contributed by atoms with Gasteiger partial charge in [0.1, 0.15) is 0 Å². The number of carbonyl (C=O) groups excluding carboxylic acids is 1. The molecule has 8 heteroatoms. The van der Waals surface area contributed by atoms with Gasteiger partial charge in [-0.15, -0.1) is 0 Å². The van der Waals surface area contributed by atoms with Crippen molar-refractivity contribution in [1.82, 2.24) is 0 Å². The molecule has 0 heterocycles. The predicted molar refractivity (Wildman–Crippen MR) is 54.3 cm³/mol. The number of aromatic carboxylic acids is 1. The maximum absolute atomic E-state index is 13.2. The van der Waals surface area contributed by atoms with Crippen LogP contribution in [0.15, 0.2) is 12.1 Å². The first-order valence-electron chi connectivity index (χ1n) is 4.31. The molecule has 0 aromatic heterocycles. The van der Waals surface area contributed by atoms with Crippen molar-refractivity contribution in [3.8, 4) is 0 Å². The molecular weight excluding hydrogens is 235 g/mol. The summed E-state index contributed by atoms with van der Waals surface area (Å²) in [6.07, 6.45) is 0. The predicted octanol–water partition coefficient (Wildman–Crippen LogP) is 1.39. The van der Waals surface area contributed by atoms with E-state index in [1.807, 2.05) is 0 Å². The molecule has 0 aliphatic heterocycles. The van der Waals surface area contributed by atoms with E-state index in [1.165, 1.54) is 0 Å². The van der Waals surface area contributed by atoms with Gasteiger partial charge in [-0.2, -0.15) is 4.39 Å². The fraction of sp³-hybridized carbons (Fsp3) is 0.111. The van der Waals surface area contributed by atoms with Crippen LogP contribution in [-0.2, 0) is 4.79 Å². The Labute approximate surface area is 94.0 Å². The van der Waals surface area contributed by atoms with Crippen LogP contribution in [0.3, 0.4) is 0 Å². The molecule has 17 heavy (non-hydrogen) atoms. The van der Waals surface area contributed by atoms with E-state index in [0.29, 0.717) is 12.1 Å². The number of hydrogen-bond donors (Lipinski definition) is 2. The number of halogens is 1. The van der Waals surface area contributed by atoms with E-state index >= 15 is 0 Å². The normalized spacial score (nSPS) is 9.76.